The maximum atomic E-state index is 12.0. The number of rotatable bonds is 7. The molecule has 0 aliphatic carbocycles. The van der Waals surface area contributed by atoms with Gasteiger partial charge in [-0.05, 0) is 18.1 Å². The normalized spacial score (nSPS) is 10.5. The molecule has 26 heavy (non-hydrogen) atoms. The summed E-state index contributed by atoms with van der Waals surface area (Å²) in [5.74, 6) is -0.0267. The van der Waals surface area contributed by atoms with Crippen LogP contribution in [0, 0.1) is 0 Å². The van der Waals surface area contributed by atoms with Crippen LogP contribution in [0.5, 0.6) is 0 Å². The average Bonchev–Trinajstić information content (AvgIpc) is 2.69. The third-order valence-corrected chi connectivity index (χ3v) is 4.04. The van der Waals surface area contributed by atoms with E-state index in [1.807, 2.05) is 60.7 Å². The molecule has 3 rings (SSSR count). The first-order valence-corrected chi connectivity index (χ1v) is 8.66. The number of aryl methyl sites for hydroxylation is 1. The second kappa shape index (κ2) is 8.76. The van der Waals surface area contributed by atoms with Crippen molar-refractivity contribution in [1.29, 1.82) is 0 Å². The van der Waals surface area contributed by atoms with E-state index in [0.29, 0.717) is 25.9 Å². The topological polar surface area (TPSA) is 64.0 Å². The zero-order valence-corrected chi connectivity index (χ0v) is 14.5. The molecule has 0 radical (unpaired) electrons. The summed E-state index contributed by atoms with van der Waals surface area (Å²) in [7, 11) is 0. The monoisotopic (exact) mass is 347 g/mol. The summed E-state index contributed by atoms with van der Waals surface area (Å²) in [6.07, 6.45) is 0.919. The van der Waals surface area contributed by atoms with Crippen molar-refractivity contribution in [2.24, 2.45) is 0 Å². The molecule has 5 nitrogen and oxygen atoms in total. The highest BCUT2D eigenvalue weighted by molar-refractivity contribution is 5.75. The number of amides is 1. The minimum absolute atomic E-state index is 0.0267. The van der Waals surface area contributed by atoms with Crippen LogP contribution in [0.25, 0.3) is 11.3 Å². The van der Waals surface area contributed by atoms with Crippen LogP contribution in [0.2, 0.25) is 0 Å². The molecule has 0 atom stereocenters. The van der Waals surface area contributed by atoms with E-state index >= 15 is 0 Å². The van der Waals surface area contributed by atoms with Crippen molar-refractivity contribution in [2.45, 2.75) is 25.9 Å². The number of hydrogen-bond acceptors (Lipinski definition) is 3. The zero-order valence-electron chi connectivity index (χ0n) is 14.5. The molecule has 1 aromatic heterocycles. The van der Waals surface area contributed by atoms with E-state index in [4.69, 9.17) is 0 Å². The molecule has 0 aliphatic rings. The standard InChI is InChI=1S/C21H21N3O2/c25-20(22-16-17-8-3-1-4-9-17)12-7-15-24-21(26)14-13-19(23-24)18-10-5-2-6-11-18/h1-6,8-11,13-14H,7,12,15-16H2,(H,22,25). The SMILES string of the molecule is O=C(CCCn1nc(-c2ccccc2)ccc1=O)NCc1ccccc1. The van der Waals surface area contributed by atoms with Gasteiger partial charge in [0.15, 0.2) is 0 Å². The molecule has 5 heteroatoms. The highest BCUT2D eigenvalue weighted by Gasteiger charge is 2.05. The number of carbonyl (C=O) groups excluding carboxylic acids is 1. The fourth-order valence-electron chi connectivity index (χ4n) is 2.65. The van der Waals surface area contributed by atoms with Gasteiger partial charge in [0.1, 0.15) is 0 Å². The molecule has 0 saturated heterocycles. The minimum Gasteiger partial charge on any atom is -0.352 e. The number of nitrogens with zero attached hydrogens (tertiary/aromatic N) is 2. The third-order valence-electron chi connectivity index (χ3n) is 4.04. The zero-order chi connectivity index (χ0) is 18.2. The van der Waals surface area contributed by atoms with Crippen LogP contribution in [-0.2, 0) is 17.9 Å². The second-order valence-electron chi connectivity index (χ2n) is 6.01. The van der Waals surface area contributed by atoms with Gasteiger partial charge in [0.25, 0.3) is 5.56 Å². The summed E-state index contributed by atoms with van der Waals surface area (Å²) in [6.45, 7) is 0.930. The van der Waals surface area contributed by atoms with Gasteiger partial charge in [0.05, 0.1) is 5.69 Å². The van der Waals surface area contributed by atoms with E-state index in [9.17, 15) is 9.59 Å². The lowest BCUT2D eigenvalue weighted by atomic mass is 10.1. The van der Waals surface area contributed by atoms with Gasteiger partial charge in [-0.1, -0.05) is 60.7 Å². The third kappa shape index (κ3) is 4.89. The van der Waals surface area contributed by atoms with E-state index in [2.05, 4.69) is 10.4 Å². The molecule has 0 fully saturated rings. The molecule has 0 aliphatic heterocycles. The molecular weight excluding hydrogens is 326 g/mol. The fraction of sp³-hybridized carbons (Fsp3) is 0.190. The smallest absolute Gasteiger partial charge is 0.266 e. The maximum absolute atomic E-state index is 12.0. The van der Waals surface area contributed by atoms with Crippen molar-refractivity contribution >= 4 is 5.91 Å². The Morgan fingerprint density at radius 3 is 2.35 bits per heavy atom. The van der Waals surface area contributed by atoms with Crippen LogP contribution in [0.3, 0.4) is 0 Å². The van der Waals surface area contributed by atoms with Gasteiger partial charge in [0, 0.05) is 31.1 Å². The van der Waals surface area contributed by atoms with Gasteiger partial charge in [-0.15, -0.1) is 0 Å². The van der Waals surface area contributed by atoms with Crippen molar-refractivity contribution in [3.05, 3.63) is 88.7 Å². The summed E-state index contributed by atoms with van der Waals surface area (Å²) < 4.78 is 1.42. The van der Waals surface area contributed by atoms with Crippen LogP contribution in [0.4, 0.5) is 0 Å². The van der Waals surface area contributed by atoms with Gasteiger partial charge in [0.2, 0.25) is 5.91 Å². The predicted molar refractivity (Wildman–Crippen MR) is 101 cm³/mol. The van der Waals surface area contributed by atoms with Gasteiger partial charge >= 0.3 is 0 Å². The molecule has 0 bridgehead atoms. The van der Waals surface area contributed by atoms with Crippen LogP contribution in [0.1, 0.15) is 18.4 Å². The molecule has 1 N–H and O–H groups in total. The van der Waals surface area contributed by atoms with E-state index < -0.39 is 0 Å². The Morgan fingerprint density at radius 1 is 0.923 bits per heavy atom. The predicted octanol–water partition coefficient (Wildman–Crippen LogP) is 3.01. The Balaban J connectivity index is 1.53. The summed E-state index contributed by atoms with van der Waals surface area (Å²) in [4.78, 5) is 24.0. The van der Waals surface area contributed by atoms with Crippen molar-refractivity contribution in [3.8, 4) is 11.3 Å². The number of hydrogen-bond donors (Lipinski definition) is 1. The summed E-state index contributed by atoms with van der Waals surface area (Å²) >= 11 is 0. The van der Waals surface area contributed by atoms with Crippen molar-refractivity contribution < 1.29 is 4.79 Å². The average molecular weight is 347 g/mol. The number of carbonyl (C=O) groups is 1. The summed E-state index contributed by atoms with van der Waals surface area (Å²) in [5.41, 5.74) is 2.62. The summed E-state index contributed by atoms with van der Waals surface area (Å²) in [5, 5.41) is 7.30. The lowest BCUT2D eigenvalue weighted by Crippen LogP contribution is -2.25. The van der Waals surface area contributed by atoms with Crippen molar-refractivity contribution in [2.75, 3.05) is 0 Å². The van der Waals surface area contributed by atoms with Gasteiger partial charge in [-0.2, -0.15) is 5.10 Å². The summed E-state index contributed by atoms with van der Waals surface area (Å²) in [6, 6.07) is 22.7. The number of benzene rings is 2. The largest absolute Gasteiger partial charge is 0.352 e. The van der Waals surface area contributed by atoms with E-state index in [0.717, 1.165) is 16.8 Å². The van der Waals surface area contributed by atoms with Crippen molar-refractivity contribution in [1.82, 2.24) is 15.1 Å². The molecule has 0 spiro atoms. The number of aromatic nitrogens is 2. The Bertz CT molecular complexity index is 905. The first-order valence-electron chi connectivity index (χ1n) is 8.66. The molecule has 132 valence electrons. The second-order valence-corrected chi connectivity index (χ2v) is 6.01. The Labute approximate surface area is 152 Å². The Hall–Kier alpha value is -3.21. The Morgan fingerprint density at radius 2 is 1.62 bits per heavy atom. The lowest BCUT2D eigenvalue weighted by molar-refractivity contribution is -0.121. The Kier molecular flexibility index (Phi) is 5.93. The fourth-order valence-corrected chi connectivity index (χ4v) is 2.65. The van der Waals surface area contributed by atoms with Crippen molar-refractivity contribution in [3.63, 3.8) is 0 Å². The lowest BCUT2D eigenvalue weighted by Gasteiger charge is -2.08. The molecule has 0 saturated carbocycles. The van der Waals surface area contributed by atoms with Gasteiger partial charge < -0.3 is 5.32 Å². The first kappa shape index (κ1) is 17.6. The van der Waals surface area contributed by atoms with Crippen LogP contribution in [0.15, 0.2) is 77.6 Å². The van der Waals surface area contributed by atoms with E-state index in [1.165, 1.54) is 10.7 Å². The van der Waals surface area contributed by atoms with Gasteiger partial charge in [-0.3, -0.25) is 9.59 Å². The van der Waals surface area contributed by atoms with Crippen LogP contribution < -0.4 is 10.9 Å². The molecule has 1 amide bonds. The van der Waals surface area contributed by atoms with Crippen LogP contribution in [-0.4, -0.2) is 15.7 Å². The molecule has 1 heterocycles. The van der Waals surface area contributed by atoms with Gasteiger partial charge in [-0.25, -0.2) is 4.68 Å². The maximum Gasteiger partial charge on any atom is 0.266 e. The number of nitrogens with one attached hydrogen (secondary N) is 1. The van der Waals surface area contributed by atoms with Crippen LogP contribution >= 0.6 is 0 Å². The minimum atomic E-state index is -0.158. The van der Waals surface area contributed by atoms with E-state index in [1.54, 1.807) is 6.07 Å². The highest BCUT2D eigenvalue weighted by atomic mass is 16.1. The molecule has 3 aromatic rings. The molecule has 2 aromatic carbocycles. The molecule has 0 unspecified atom stereocenters. The van der Waals surface area contributed by atoms with E-state index in [-0.39, 0.29) is 11.5 Å². The quantitative estimate of drug-likeness (QED) is 0.714. The first-order chi connectivity index (χ1) is 12.7. The molecular formula is C21H21N3O2. The highest BCUT2D eigenvalue weighted by Crippen LogP contribution is 2.14.